The molecule has 0 aliphatic carbocycles. The van der Waals surface area contributed by atoms with E-state index in [-0.39, 0.29) is 5.91 Å². The van der Waals surface area contributed by atoms with Crippen molar-refractivity contribution in [2.75, 3.05) is 5.32 Å². The molecule has 3 rings (SSSR count). The van der Waals surface area contributed by atoms with Gasteiger partial charge < -0.3 is 9.55 Å². The van der Waals surface area contributed by atoms with Gasteiger partial charge in [0.05, 0.1) is 5.56 Å². The lowest BCUT2D eigenvalue weighted by Crippen LogP contribution is -2.51. The van der Waals surface area contributed by atoms with Crippen LogP contribution in [0.25, 0.3) is 11.0 Å². The zero-order chi connectivity index (χ0) is 20.5. The average Bonchev–Trinajstić information content (AvgIpc) is 3.06. The minimum Gasteiger partial charge on any atom is -0.359 e. The van der Waals surface area contributed by atoms with E-state index in [1.54, 1.807) is 6.20 Å². The van der Waals surface area contributed by atoms with E-state index in [0.717, 1.165) is 16.7 Å². The van der Waals surface area contributed by atoms with Gasteiger partial charge >= 0.3 is 0 Å². The zero-order valence-corrected chi connectivity index (χ0v) is 18.7. The van der Waals surface area contributed by atoms with Crippen LogP contribution >= 0.6 is 0 Å². The number of pyridine rings is 1. The Bertz CT molecular complexity index is 939. The van der Waals surface area contributed by atoms with Crippen LogP contribution in [0, 0.1) is 0 Å². The summed E-state index contributed by atoms with van der Waals surface area (Å²) in [6.45, 7) is 14.0. The summed E-state index contributed by atoms with van der Waals surface area (Å²) in [6, 6.07) is 13.5. The Hall–Kier alpha value is -2.40. The Morgan fingerprint density at radius 1 is 0.929 bits per heavy atom. The van der Waals surface area contributed by atoms with Crippen molar-refractivity contribution in [3.05, 3.63) is 60.4 Å². The van der Waals surface area contributed by atoms with E-state index in [0.29, 0.717) is 22.2 Å². The molecule has 2 aromatic heterocycles. The number of aromatic nitrogens is 2. The molecule has 0 fully saturated rings. The predicted molar refractivity (Wildman–Crippen MR) is 121 cm³/mol. The zero-order valence-electron chi connectivity index (χ0n) is 17.7. The molecule has 0 spiro atoms. The van der Waals surface area contributed by atoms with E-state index in [4.69, 9.17) is 4.98 Å². The molecular formula is C23H31N3OSi. The first-order valence-electron chi connectivity index (χ1n) is 10.1. The summed E-state index contributed by atoms with van der Waals surface area (Å²) < 4.78 is 2.45. The number of benzene rings is 1. The number of nitrogens with one attached hydrogen (secondary N) is 1. The molecule has 148 valence electrons. The second kappa shape index (κ2) is 7.92. The lowest BCUT2D eigenvalue weighted by atomic mass is 10.1. The standard InChI is InChI=1S/C23H31N3OSi/c1-16(2)28(17(3)4,18(5)6)26-15-13-20-21(12-14-24-22(20)26)23(27)25-19-10-8-7-9-11-19/h7-18H,1-6H3,(H,25,27). The summed E-state index contributed by atoms with van der Waals surface area (Å²) in [5.74, 6) is -0.0951. The Morgan fingerprint density at radius 3 is 2.11 bits per heavy atom. The number of hydrogen-bond donors (Lipinski definition) is 1. The first-order valence-corrected chi connectivity index (χ1v) is 12.3. The van der Waals surface area contributed by atoms with Gasteiger partial charge in [-0.15, -0.1) is 0 Å². The molecule has 4 nitrogen and oxygen atoms in total. The molecule has 3 aromatic rings. The van der Waals surface area contributed by atoms with Crippen molar-refractivity contribution in [3.63, 3.8) is 0 Å². The molecule has 1 amide bonds. The van der Waals surface area contributed by atoms with E-state index < -0.39 is 8.24 Å². The maximum Gasteiger partial charge on any atom is 0.256 e. The Kier molecular flexibility index (Phi) is 5.75. The lowest BCUT2D eigenvalue weighted by Gasteiger charge is -2.44. The third kappa shape index (κ3) is 3.28. The number of fused-ring (bicyclic) bond motifs is 1. The first kappa shape index (κ1) is 20.3. The van der Waals surface area contributed by atoms with Crippen molar-refractivity contribution in [3.8, 4) is 0 Å². The summed E-state index contributed by atoms with van der Waals surface area (Å²) in [7, 11) is -1.93. The fourth-order valence-corrected chi connectivity index (χ4v) is 11.6. The molecule has 5 heteroatoms. The van der Waals surface area contributed by atoms with Gasteiger partial charge in [-0.05, 0) is 47.1 Å². The average molecular weight is 394 g/mol. The van der Waals surface area contributed by atoms with Gasteiger partial charge in [0, 0.05) is 17.3 Å². The smallest absolute Gasteiger partial charge is 0.256 e. The molecule has 1 aromatic carbocycles. The maximum atomic E-state index is 13.0. The van der Waals surface area contributed by atoms with Gasteiger partial charge in [-0.3, -0.25) is 4.79 Å². The van der Waals surface area contributed by atoms with Crippen LogP contribution in [0.3, 0.4) is 0 Å². The summed E-state index contributed by atoms with van der Waals surface area (Å²) in [5.41, 5.74) is 4.09. The molecule has 0 aliphatic heterocycles. The molecule has 0 unspecified atom stereocenters. The molecule has 0 saturated heterocycles. The maximum absolute atomic E-state index is 13.0. The van der Waals surface area contributed by atoms with Crippen LogP contribution in [0.15, 0.2) is 54.9 Å². The van der Waals surface area contributed by atoms with Crippen LogP contribution in [-0.4, -0.2) is 23.4 Å². The van der Waals surface area contributed by atoms with E-state index in [1.807, 2.05) is 36.4 Å². The fraction of sp³-hybridized carbons (Fsp3) is 0.391. The molecule has 28 heavy (non-hydrogen) atoms. The highest BCUT2D eigenvalue weighted by Crippen LogP contribution is 2.44. The minimum atomic E-state index is -1.93. The van der Waals surface area contributed by atoms with Crippen LogP contribution in [0.5, 0.6) is 0 Å². The molecule has 0 atom stereocenters. The second-order valence-corrected chi connectivity index (χ2v) is 14.2. The number of amides is 1. The number of carbonyl (C=O) groups excluding carboxylic acids is 1. The lowest BCUT2D eigenvalue weighted by molar-refractivity contribution is 0.102. The Balaban J connectivity index is 2.12. The van der Waals surface area contributed by atoms with Gasteiger partial charge in [0.2, 0.25) is 0 Å². The van der Waals surface area contributed by atoms with Crippen molar-refractivity contribution in [2.45, 2.75) is 58.2 Å². The van der Waals surface area contributed by atoms with Crippen LogP contribution in [-0.2, 0) is 0 Å². The second-order valence-electron chi connectivity index (χ2n) is 8.45. The molecule has 0 aliphatic rings. The molecule has 0 saturated carbocycles. The largest absolute Gasteiger partial charge is 0.359 e. The van der Waals surface area contributed by atoms with Gasteiger partial charge in [0.1, 0.15) is 5.65 Å². The Morgan fingerprint density at radius 2 is 1.54 bits per heavy atom. The Labute approximate surface area is 169 Å². The van der Waals surface area contributed by atoms with Crippen LogP contribution in [0.2, 0.25) is 16.6 Å². The van der Waals surface area contributed by atoms with Gasteiger partial charge in [0.15, 0.2) is 8.24 Å². The summed E-state index contributed by atoms with van der Waals surface area (Å²) in [4.78, 5) is 17.7. The number of hydrogen-bond acceptors (Lipinski definition) is 2. The third-order valence-electron chi connectivity index (χ3n) is 6.06. The van der Waals surface area contributed by atoms with Crippen LogP contribution in [0.1, 0.15) is 51.9 Å². The summed E-state index contributed by atoms with van der Waals surface area (Å²) in [5, 5.41) is 3.93. The van der Waals surface area contributed by atoms with Gasteiger partial charge in [-0.25, -0.2) is 4.98 Å². The number of anilines is 1. The predicted octanol–water partition coefficient (Wildman–Crippen LogP) is 6.31. The van der Waals surface area contributed by atoms with Gasteiger partial charge in [-0.2, -0.15) is 0 Å². The monoisotopic (exact) mass is 393 g/mol. The topological polar surface area (TPSA) is 46.9 Å². The summed E-state index contributed by atoms with van der Waals surface area (Å²) >= 11 is 0. The van der Waals surface area contributed by atoms with E-state index in [1.165, 1.54) is 0 Å². The summed E-state index contributed by atoms with van der Waals surface area (Å²) in [6.07, 6.45) is 3.93. The van der Waals surface area contributed by atoms with Crippen molar-refractivity contribution in [1.82, 2.24) is 9.22 Å². The van der Waals surface area contributed by atoms with E-state index in [9.17, 15) is 4.79 Å². The molecule has 1 N–H and O–H groups in total. The van der Waals surface area contributed by atoms with Crippen LogP contribution in [0.4, 0.5) is 5.69 Å². The van der Waals surface area contributed by atoms with Gasteiger partial charge in [0.25, 0.3) is 5.91 Å². The normalized spacial score (nSPS) is 12.3. The molecule has 0 bridgehead atoms. The number of para-hydroxylation sites is 1. The number of nitrogens with zero attached hydrogens (tertiary/aromatic N) is 2. The number of carbonyl (C=O) groups is 1. The van der Waals surface area contributed by atoms with E-state index in [2.05, 4.69) is 63.4 Å². The molecular weight excluding hydrogens is 362 g/mol. The first-order chi connectivity index (χ1) is 13.3. The van der Waals surface area contributed by atoms with Crippen LogP contribution < -0.4 is 5.32 Å². The molecule has 0 radical (unpaired) electrons. The van der Waals surface area contributed by atoms with Crippen molar-refractivity contribution in [2.24, 2.45) is 0 Å². The highest BCUT2D eigenvalue weighted by Gasteiger charge is 2.46. The minimum absolute atomic E-state index is 0.0951. The SMILES string of the molecule is CC(C)[Si](C(C)C)(C(C)C)n1ccc2c(C(=O)Nc3ccccc3)ccnc21. The van der Waals surface area contributed by atoms with Crippen molar-refractivity contribution < 1.29 is 4.79 Å². The van der Waals surface area contributed by atoms with Crippen molar-refractivity contribution in [1.29, 1.82) is 0 Å². The quantitative estimate of drug-likeness (QED) is 0.499. The third-order valence-corrected chi connectivity index (χ3v) is 12.8. The highest BCUT2D eigenvalue weighted by molar-refractivity contribution is 6.82. The van der Waals surface area contributed by atoms with E-state index >= 15 is 0 Å². The van der Waals surface area contributed by atoms with Crippen molar-refractivity contribution >= 4 is 30.9 Å². The fourth-order valence-electron chi connectivity index (χ4n) is 5.10. The molecule has 2 heterocycles. The highest BCUT2D eigenvalue weighted by atomic mass is 28.3. The van der Waals surface area contributed by atoms with Gasteiger partial charge in [-0.1, -0.05) is 59.7 Å². The number of rotatable bonds is 6.